The third-order valence-corrected chi connectivity index (χ3v) is 3.56. The summed E-state index contributed by atoms with van der Waals surface area (Å²) in [4.78, 5) is 4.13. The van der Waals surface area contributed by atoms with E-state index in [4.69, 9.17) is 0 Å². The molecular formula is C14H22N2. The molecule has 1 aliphatic carbocycles. The Kier molecular flexibility index (Phi) is 3.47. The SMILES string of the molecule is Cc1cnccc1NC1CC(C)CC(C)C1. The summed E-state index contributed by atoms with van der Waals surface area (Å²) < 4.78 is 0. The third-order valence-electron chi connectivity index (χ3n) is 3.56. The Morgan fingerprint density at radius 1 is 1.19 bits per heavy atom. The Morgan fingerprint density at radius 2 is 1.88 bits per heavy atom. The second-order valence-electron chi connectivity index (χ2n) is 5.45. The lowest BCUT2D eigenvalue weighted by Gasteiger charge is -2.32. The highest BCUT2D eigenvalue weighted by atomic mass is 14.9. The summed E-state index contributed by atoms with van der Waals surface area (Å²) in [7, 11) is 0. The van der Waals surface area contributed by atoms with Gasteiger partial charge in [0.2, 0.25) is 0 Å². The number of aryl methyl sites for hydroxylation is 1. The van der Waals surface area contributed by atoms with E-state index in [0.29, 0.717) is 6.04 Å². The number of hydrogen-bond donors (Lipinski definition) is 1. The minimum atomic E-state index is 0.639. The monoisotopic (exact) mass is 218 g/mol. The second kappa shape index (κ2) is 4.86. The largest absolute Gasteiger partial charge is 0.382 e. The van der Waals surface area contributed by atoms with Crippen LogP contribution in [-0.4, -0.2) is 11.0 Å². The van der Waals surface area contributed by atoms with Gasteiger partial charge >= 0.3 is 0 Å². The van der Waals surface area contributed by atoms with Crippen LogP contribution in [0.25, 0.3) is 0 Å². The minimum Gasteiger partial charge on any atom is -0.382 e. The Bertz CT molecular complexity index is 338. The molecule has 0 radical (unpaired) electrons. The van der Waals surface area contributed by atoms with E-state index >= 15 is 0 Å². The number of nitrogens with one attached hydrogen (secondary N) is 1. The highest BCUT2D eigenvalue weighted by molar-refractivity contribution is 5.49. The standard InChI is InChI=1S/C14H22N2/c1-10-6-11(2)8-13(7-10)16-14-4-5-15-9-12(14)3/h4-5,9-11,13H,6-8H2,1-3H3,(H,15,16). The van der Waals surface area contributed by atoms with E-state index < -0.39 is 0 Å². The van der Waals surface area contributed by atoms with E-state index in [1.165, 1.54) is 30.5 Å². The summed E-state index contributed by atoms with van der Waals surface area (Å²) in [5.41, 5.74) is 2.50. The first-order chi connectivity index (χ1) is 7.65. The predicted octanol–water partition coefficient (Wildman–Crippen LogP) is 3.63. The van der Waals surface area contributed by atoms with Crippen molar-refractivity contribution in [3.63, 3.8) is 0 Å². The molecule has 1 aliphatic rings. The average molecular weight is 218 g/mol. The third kappa shape index (κ3) is 2.75. The number of anilines is 1. The zero-order valence-corrected chi connectivity index (χ0v) is 10.5. The number of rotatable bonds is 2. The number of pyridine rings is 1. The van der Waals surface area contributed by atoms with Gasteiger partial charge in [0.25, 0.3) is 0 Å². The molecule has 0 aliphatic heterocycles. The first-order valence-electron chi connectivity index (χ1n) is 6.32. The van der Waals surface area contributed by atoms with E-state index in [2.05, 4.69) is 37.1 Å². The number of nitrogens with zero attached hydrogens (tertiary/aromatic N) is 1. The maximum Gasteiger partial charge on any atom is 0.0402 e. The van der Waals surface area contributed by atoms with Gasteiger partial charge in [0, 0.05) is 24.1 Å². The molecule has 2 atom stereocenters. The zero-order valence-electron chi connectivity index (χ0n) is 10.5. The van der Waals surface area contributed by atoms with Gasteiger partial charge in [-0.1, -0.05) is 13.8 Å². The van der Waals surface area contributed by atoms with Crippen molar-refractivity contribution >= 4 is 5.69 Å². The van der Waals surface area contributed by atoms with Gasteiger partial charge in [0.15, 0.2) is 0 Å². The summed E-state index contributed by atoms with van der Waals surface area (Å²) in [5, 5.41) is 3.67. The molecule has 0 spiro atoms. The summed E-state index contributed by atoms with van der Waals surface area (Å²) in [5.74, 6) is 1.70. The first kappa shape index (κ1) is 11.4. The normalized spacial score (nSPS) is 30.1. The fraction of sp³-hybridized carbons (Fsp3) is 0.643. The maximum absolute atomic E-state index is 4.13. The van der Waals surface area contributed by atoms with Gasteiger partial charge in [-0.3, -0.25) is 4.98 Å². The molecule has 1 heterocycles. The summed E-state index contributed by atoms with van der Waals surface area (Å²) in [6.07, 6.45) is 7.77. The Labute approximate surface area is 98.5 Å². The summed E-state index contributed by atoms with van der Waals surface area (Å²) >= 11 is 0. The zero-order chi connectivity index (χ0) is 11.5. The van der Waals surface area contributed by atoms with E-state index in [1.807, 2.05) is 12.4 Å². The van der Waals surface area contributed by atoms with Crippen molar-refractivity contribution in [2.24, 2.45) is 11.8 Å². The number of hydrogen-bond acceptors (Lipinski definition) is 2. The van der Waals surface area contributed by atoms with E-state index in [0.717, 1.165) is 11.8 Å². The molecule has 2 nitrogen and oxygen atoms in total. The molecule has 1 fully saturated rings. The van der Waals surface area contributed by atoms with Gasteiger partial charge in [-0.15, -0.1) is 0 Å². The average Bonchev–Trinajstić information content (AvgIpc) is 2.20. The van der Waals surface area contributed by atoms with Crippen LogP contribution < -0.4 is 5.32 Å². The highest BCUT2D eigenvalue weighted by Crippen LogP contribution is 2.30. The molecular weight excluding hydrogens is 196 g/mol. The van der Waals surface area contributed by atoms with Crippen LogP contribution in [0.2, 0.25) is 0 Å². The van der Waals surface area contributed by atoms with Crippen molar-refractivity contribution in [3.05, 3.63) is 24.0 Å². The quantitative estimate of drug-likeness (QED) is 0.820. The topological polar surface area (TPSA) is 24.9 Å². The van der Waals surface area contributed by atoms with Crippen LogP contribution in [0.3, 0.4) is 0 Å². The lowest BCUT2D eigenvalue weighted by molar-refractivity contribution is 0.281. The van der Waals surface area contributed by atoms with E-state index in [1.54, 1.807) is 0 Å². The van der Waals surface area contributed by atoms with Crippen LogP contribution in [0, 0.1) is 18.8 Å². The molecule has 2 heteroatoms. The van der Waals surface area contributed by atoms with Crippen LogP contribution in [0.4, 0.5) is 5.69 Å². The van der Waals surface area contributed by atoms with Gasteiger partial charge in [0.1, 0.15) is 0 Å². The molecule has 16 heavy (non-hydrogen) atoms. The fourth-order valence-electron chi connectivity index (χ4n) is 2.92. The lowest BCUT2D eigenvalue weighted by Crippen LogP contribution is -2.30. The van der Waals surface area contributed by atoms with Crippen LogP contribution in [0.5, 0.6) is 0 Å². The van der Waals surface area contributed by atoms with Gasteiger partial charge < -0.3 is 5.32 Å². The van der Waals surface area contributed by atoms with Crippen LogP contribution in [0.15, 0.2) is 18.5 Å². The van der Waals surface area contributed by atoms with Crippen molar-refractivity contribution < 1.29 is 0 Å². The molecule has 1 saturated carbocycles. The van der Waals surface area contributed by atoms with Crippen molar-refractivity contribution in [2.45, 2.75) is 46.1 Å². The van der Waals surface area contributed by atoms with Gasteiger partial charge in [-0.05, 0) is 49.7 Å². The maximum atomic E-state index is 4.13. The second-order valence-corrected chi connectivity index (χ2v) is 5.45. The molecule has 0 saturated heterocycles. The van der Waals surface area contributed by atoms with Crippen LogP contribution in [0.1, 0.15) is 38.7 Å². The first-order valence-corrected chi connectivity index (χ1v) is 6.32. The van der Waals surface area contributed by atoms with Crippen molar-refractivity contribution in [2.75, 3.05) is 5.32 Å². The summed E-state index contributed by atoms with van der Waals surface area (Å²) in [6.45, 7) is 6.85. The molecule has 1 aromatic rings. The Morgan fingerprint density at radius 3 is 2.50 bits per heavy atom. The van der Waals surface area contributed by atoms with Crippen LogP contribution >= 0.6 is 0 Å². The Balaban J connectivity index is 2.02. The van der Waals surface area contributed by atoms with Gasteiger partial charge in [-0.25, -0.2) is 0 Å². The van der Waals surface area contributed by atoms with Gasteiger partial charge in [-0.2, -0.15) is 0 Å². The minimum absolute atomic E-state index is 0.639. The summed E-state index contributed by atoms with van der Waals surface area (Å²) in [6, 6.07) is 2.72. The molecule has 2 unspecified atom stereocenters. The predicted molar refractivity (Wildman–Crippen MR) is 68.6 cm³/mol. The fourth-order valence-corrected chi connectivity index (χ4v) is 2.92. The lowest BCUT2D eigenvalue weighted by atomic mass is 9.80. The molecule has 1 aromatic heterocycles. The Hall–Kier alpha value is -1.05. The smallest absolute Gasteiger partial charge is 0.0402 e. The van der Waals surface area contributed by atoms with Crippen molar-refractivity contribution in [1.82, 2.24) is 4.98 Å². The highest BCUT2D eigenvalue weighted by Gasteiger charge is 2.23. The van der Waals surface area contributed by atoms with E-state index in [-0.39, 0.29) is 0 Å². The van der Waals surface area contributed by atoms with E-state index in [9.17, 15) is 0 Å². The molecule has 0 bridgehead atoms. The van der Waals surface area contributed by atoms with Crippen molar-refractivity contribution in [3.8, 4) is 0 Å². The molecule has 1 N–H and O–H groups in total. The molecule has 2 rings (SSSR count). The number of aromatic nitrogens is 1. The molecule has 0 amide bonds. The molecule has 0 aromatic carbocycles. The van der Waals surface area contributed by atoms with Crippen molar-refractivity contribution in [1.29, 1.82) is 0 Å². The molecule has 88 valence electrons. The van der Waals surface area contributed by atoms with Crippen LogP contribution in [-0.2, 0) is 0 Å². The van der Waals surface area contributed by atoms with Gasteiger partial charge in [0.05, 0.1) is 0 Å².